The zero-order valence-electron chi connectivity index (χ0n) is 17.0. The molecular formula is C18H32IN5O2S. The van der Waals surface area contributed by atoms with Crippen molar-refractivity contribution in [1.82, 2.24) is 20.5 Å². The second kappa shape index (κ2) is 13.0. The summed E-state index contributed by atoms with van der Waals surface area (Å²) in [5.41, 5.74) is 0.695. The number of nitrogens with one attached hydrogen (secondary N) is 2. The fourth-order valence-corrected chi connectivity index (χ4v) is 2.12. The lowest BCUT2D eigenvalue weighted by atomic mass is 10.2. The largest absolute Gasteiger partial charge is 0.472 e. The van der Waals surface area contributed by atoms with Crippen LogP contribution in [0.3, 0.4) is 0 Å². The maximum atomic E-state index is 11.8. The number of likely N-dealkylation sites (N-methyl/N-ethyl adjacent to an activating group) is 1. The first-order chi connectivity index (χ1) is 12.2. The first-order valence-corrected chi connectivity index (χ1v) is 9.96. The Kier molecular flexibility index (Phi) is 12.4. The molecule has 0 saturated carbocycles. The fourth-order valence-electron chi connectivity index (χ4n) is 1.81. The van der Waals surface area contributed by atoms with Crippen LogP contribution in [0.4, 0.5) is 0 Å². The molecule has 0 aromatic carbocycles. The van der Waals surface area contributed by atoms with Gasteiger partial charge in [-0.1, -0.05) is 6.07 Å². The van der Waals surface area contributed by atoms with E-state index >= 15 is 0 Å². The molecule has 0 saturated heterocycles. The third-order valence-corrected chi connectivity index (χ3v) is 3.74. The maximum absolute atomic E-state index is 11.8. The molecule has 0 atom stereocenters. The van der Waals surface area contributed by atoms with Gasteiger partial charge in [-0.3, -0.25) is 4.79 Å². The minimum atomic E-state index is -0.274. The van der Waals surface area contributed by atoms with E-state index in [4.69, 9.17) is 4.74 Å². The van der Waals surface area contributed by atoms with Gasteiger partial charge in [0.25, 0.3) is 0 Å². The first-order valence-electron chi connectivity index (χ1n) is 8.56. The summed E-state index contributed by atoms with van der Waals surface area (Å²) >= 11 is 1.75. The molecule has 27 heavy (non-hydrogen) atoms. The molecule has 0 aliphatic heterocycles. The number of guanidine groups is 1. The smallest absolute Gasteiger partial charge is 0.241 e. The van der Waals surface area contributed by atoms with Crippen molar-refractivity contribution in [2.45, 2.75) is 32.9 Å². The van der Waals surface area contributed by atoms with Crippen molar-refractivity contribution in [2.75, 3.05) is 39.2 Å². The van der Waals surface area contributed by atoms with E-state index < -0.39 is 0 Å². The average Bonchev–Trinajstić information content (AvgIpc) is 2.56. The van der Waals surface area contributed by atoms with Gasteiger partial charge in [-0.05, 0) is 32.6 Å². The molecule has 9 heteroatoms. The summed E-state index contributed by atoms with van der Waals surface area (Å²) in [7, 11) is 3.46. The van der Waals surface area contributed by atoms with Gasteiger partial charge in [0.1, 0.15) is 5.60 Å². The first kappa shape index (κ1) is 25.8. The van der Waals surface area contributed by atoms with Crippen LogP contribution in [0.25, 0.3) is 0 Å². The summed E-state index contributed by atoms with van der Waals surface area (Å²) in [5, 5.41) is 6.30. The van der Waals surface area contributed by atoms with E-state index in [0.29, 0.717) is 18.4 Å². The number of aliphatic imine (C=N–C) groups is 1. The zero-order valence-corrected chi connectivity index (χ0v) is 20.2. The molecule has 7 nitrogen and oxygen atoms in total. The second-order valence-corrected chi connectivity index (χ2v) is 7.93. The molecule has 0 radical (unpaired) electrons. The summed E-state index contributed by atoms with van der Waals surface area (Å²) in [6, 6.07) is 3.79. The van der Waals surface area contributed by atoms with Crippen LogP contribution in [0.1, 0.15) is 26.3 Å². The lowest BCUT2D eigenvalue weighted by Gasteiger charge is -2.20. The standard InChI is InChI=1S/C18H31N5O2S.HI/c1-18(2,3)25-15-8-7-14(11-20-15)12-21-17(19-9-10-26-6)22-13-16(24)23(4)5;/h7-8,11H,9-10,12-13H2,1-6H3,(H2,19,21,22);1H. The Morgan fingerprint density at radius 3 is 2.52 bits per heavy atom. The SMILES string of the molecule is CSCCNC(=NCc1ccc(OC(C)(C)C)nc1)NCC(=O)N(C)C.I. The van der Waals surface area contributed by atoms with E-state index in [1.54, 1.807) is 37.0 Å². The molecule has 1 aromatic rings. The number of hydrogen-bond acceptors (Lipinski definition) is 5. The van der Waals surface area contributed by atoms with Crippen LogP contribution < -0.4 is 15.4 Å². The molecule has 154 valence electrons. The molecule has 0 aliphatic rings. The predicted molar refractivity (Wildman–Crippen MR) is 124 cm³/mol. The summed E-state index contributed by atoms with van der Waals surface area (Å²) in [5.74, 6) is 2.17. The van der Waals surface area contributed by atoms with Crippen molar-refractivity contribution in [3.63, 3.8) is 0 Å². The van der Waals surface area contributed by atoms with Crippen molar-refractivity contribution in [1.29, 1.82) is 0 Å². The monoisotopic (exact) mass is 509 g/mol. The van der Waals surface area contributed by atoms with Crippen LogP contribution in [0.15, 0.2) is 23.3 Å². The molecule has 2 N–H and O–H groups in total. The molecule has 1 rings (SSSR count). The lowest BCUT2D eigenvalue weighted by Crippen LogP contribution is -2.43. The zero-order chi connectivity index (χ0) is 19.6. The number of pyridine rings is 1. The van der Waals surface area contributed by atoms with E-state index in [2.05, 4.69) is 20.6 Å². The van der Waals surface area contributed by atoms with Crippen LogP contribution >= 0.6 is 35.7 Å². The van der Waals surface area contributed by atoms with Crippen molar-refractivity contribution >= 4 is 47.6 Å². The van der Waals surface area contributed by atoms with E-state index in [1.165, 1.54) is 0 Å². The average molecular weight is 509 g/mol. The number of rotatable bonds is 8. The van der Waals surface area contributed by atoms with Crippen molar-refractivity contribution in [3.05, 3.63) is 23.9 Å². The lowest BCUT2D eigenvalue weighted by molar-refractivity contribution is -0.127. The van der Waals surface area contributed by atoms with Crippen LogP contribution in [0.2, 0.25) is 0 Å². The molecule has 1 heterocycles. The van der Waals surface area contributed by atoms with Gasteiger partial charge >= 0.3 is 0 Å². The van der Waals surface area contributed by atoms with Gasteiger partial charge in [-0.2, -0.15) is 11.8 Å². The quantitative estimate of drug-likeness (QED) is 0.243. The Morgan fingerprint density at radius 2 is 2.00 bits per heavy atom. The van der Waals surface area contributed by atoms with Crippen molar-refractivity contribution in [2.24, 2.45) is 4.99 Å². The number of nitrogens with zero attached hydrogens (tertiary/aromatic N) is 3. The van der Waals surface area contributed by atoms with E-state index in [1.807, 2.05) is 39.2 Å². The third-order valence-electron chi connectivity index (χ3n) is 3.13. The minimum absolute atomic E-state index is 0. The number of halogens is 1. The van der Waals surface area contributed by atoms with Gasteiger partial charge in [-0.25, -0.2) is 9.98 Å². The number of carbonyl (C=O) groups is 1. The number of carbonyl (C=O) groups excluding carboxylic acids is 1. The number of hydrogen-bond donors (Lipinski definition) is 2. The summed E-state index contributed by atoms with van der Waals surface area (Å²) in [6.07, 6.45) is 3.81. The van der Waals surface area contributed by atoms with Gasteiger partial charge < -0.3 is 20.3 Å². The summed E-state index contributed by atoms with van der Waals surface area (Å²) in [4.78, 5) is 22.2. The van der Waals surface area contributed by atoms with Gasteiger partial charge in [-0.15, -0.1) is 24.0 Å². The Balaban J connectivity index is 0.00000676. The molecule has 0 bridgehead atoms. The maximum Gasteiger partial charge on any atom is 0.241 e. The Morgan fingerprint density at radius 1 is 1.30 bits per heavy atom. The van der Waals surface area contributed by atoms with Crippen LogP contribution in [0, 0.1) is 0 Å². The van der Waals surface area contributed by atoms with Crippen molar-refractivity contribution in [3.8, 4) is 5.88 Å². The molecule has 1 amide bonds. The highest BCUT2D eigenvalue weighted by molar-refractivity contribution is 14.0. The van der Waals surface area contributed by atoms with Crippen LogP contribution in [0.5, 0.6) is 5.88 Å². The van der Waals surface area contributed by atoms with Gasteiger partial charge in [0, 0.05) is 38.7 Å². The number of ether oxygens (including phenoxy) is 1. The highest BCUT2D eigenvalue weighted by Gasteiger charge is 2.12. The van der Waals surface area contributed by atoms with E-state index in [9.17, 15) is 4.79 Å². The van der Waals surface area contributed by atoms with E-state index in [0.717, 1.165) is 17.9 Å². The summed E-state index contributed by atoms with van der Waals surface area (Å²) in [6.45, 7) is 7.41. The fraction of sp³-hybridized carbons (Fsp3) is 0.611. The highest BCUT2D eigenvalue weighted by atomic mass is 127. The molecule has 0 unspecified atom stereocenters. The second-order valence-electron chi connectivity index (χ2n) is 6.95. The molecule has 0 spiro atoms. The predicted octanol–water partition coefficient (Wildman–Crippen LogP) is 2.36. The summed E-state index contributed by atoms with van der Waals surface area (Å²) < 4.78 is 5.72. The third kappa shape index (κ3) is 12.0. The number of thioether (sulfide) groups is 1. The number of amides is 1. The Labute approximate surface area is 184 Å². The van der Waals surface area contributed by atoms with Crippen LogP contribution in [-0.2, 0) is 11.3 Å². The van der Waals surface area contributed by atoms with Gasteiger partial charge in [0.2, 0.25) is 11.8 Å². The molecule has 1 aromatic heterocycles. The Bertz CT molecular complexity index is 588. The molecule has 0 fully saturated rings. The minimum Gasteiger partial charge on any atom is -0.472 e. The van der Waals surface area contributed by atoms with Crippen LogP contribution in [-0.4, -0.2) is 66.5 Å². The Hall–Kier alpha value is -1.23. The van der Waals surface area contributed by atoms with Gasteiger partial charge in [0.05, 0.1) is 13.1 Å². The molecule has 0 aliphatic carbocycles. The normalized spacial score (nSPS) is 11.4. The van der Waals surface area contributed by atoms with Crippen molar-refractivity contribution < 1.29 is 9.53 Å². The highest BCUT2D eigenvalue weighted by Crippen LogP contribution is 2.15. The number of aromatic nitrogens is 1. The van der Waals surface area contributed by atoms with Gasteiger partial charge in [0.15, 0.2) is 5.96 Å². The van der Waals surface area contributed by atoms with E-state index in [-0.39, 0.29) is 42.0 Å². The molecular weight excluding hydrogens is 477 g/mol. The topological polar surface area (TPSA) is 78.9 Å².